The molecule has 23 heavy (non-hydrogen) atoms. The number of carboxylic acid groups (broad SMARTS) is 1. The van der Waals surface area contributed by atoms with Gasteiger partial charge in [0.1, 0.15) is 5.75 Å². The fourth-order valence-electron chi connectivity index (χ4n) is 2.71. The Labute approximate surface area is 135 Å². The Balaban J connectivity index is 2.01. The maximum atomic E-state index is 12.4. The number of nitrogens with one attached hydrogen (secondary N) is 1. The highest BCUT2D eigenvalue weighted by Crippen LogP contribution is 2.25. The van der Waals surface area contributed by atoms with Gasteiger partial charge in [-0.2, -0.15) is 0 Å². The van der Waals surface area contributed by atoms with Crippen LogP contribution in [0.4, 0.5) is 0 Å². The maximum Gasteiger partial charge on any atom is 0.305 e. The molecule has 0 aliphatic carbocycles. The number of ether oxygens (including phenoxy) is 2. The minimum absolute atomic E-state index is 0.112. The molecule has 0 bridgehead atoms. The van der Waals surface area contributed by atoms with E-state index >= 15 is 0 Å². The number of aryl methyl sites for hydroxylation is 1. The molecule has 1 fully saturated rings. The third-order valence-corrected chi connectivity index (χ3v) is 4.00. The molecule has 2 N–H and O–H groups in total. The highest BCUT2D eigenvalue weighted by molar-refractivity contribution is 5.82. The maximum absolute atomic E-state index is 12.4. The minimum atomic E-state index is -0.931. The molecule has 0 aromatic heterocycles. The Hall–Kier alpha value is -2.08. The van der Waals surface area contributed by atoms with Gasteiger partial charge in [-0.3, -0.25) is 9.59 Å². The van der Waals surface area contributed by atoms with Crippen LogP contribution in [0.1, 0.15) is 31.7 Å². The molecule has 1 aromatic carbocycles. The van der Waals surface area contributed by atoms with E-state index < -0.39 is 17.6 Å². The summed E-state index contributed by atoms with van der Waals surface area (Å²) in [6.45, 7) is 4.49. The Morgan fingerprint density at radius 2 is 2.09 bits per heavy atom. The molecule has 1 aliphatic rings. The minimum Gasteiger partial charge on any atom is -0.481 e. The number of hydrogen-bond donors (Lipinski definition) is 2. The highest BCUT2D eigenvalue weighted by atomic mass is 16.5. The first kappa shape index (κ1) is 17.3. The molecule has 1 aromatic rings. The van der Waals surface area contributed by atoms with Gasteiger partial charge in [0.2, 0.25) is 0 Å². The summed E-state index contributed by atoms with van der Waals surface area (Å²) in [6.07, 6.45) is 0.161. The smallest absolute Gasteiger partial charge is 0.305 e. The van der Waals surface area contributed by atoms with Crippen molar-refractivity contribution < 1.29 is 24.2 Å². The molecule has 0 spiro atoms. The Morgan fingerprint density at radius 3 is 2.70 bits per heavy atom. The second kappa shape index (κ2) is 7.46. The number of carbonyl (C=O) groups excluding carboxylic acids is 1. The molecule has 0 radical (unpaired) electrons. The average Bonchev–Trinajstić information content (AvgIpc) is 2.47. The molecular formula is C17H23NO5. The number of aliphatic carboxylic acids is 1. The van der Waals surface area contributed by atoms with Gasteiger partial charge in [0.15, 0.2) is 6.10 Å². The van der Waals surface area contributed by atoms with Gasteiger partial charge < -0.3 is 19.9 Å². The lowest BCUT2D eigenvalue weighted by atomic mass is 9.86. The average molecular weight is 321 g/mol. The fraction of sp³-hybridized carbons (Fsp3) is 0.529. The van der Waals surface area contributed by atoms with E-state index in [0.29, 0.717) is 31.8 Å². The molecular weight excluding hydrogens is 298 g/mol. The zero-order valence-electron chi connectivity index (χ0n) is 13.5. The van der Waals surface area contributed by atoms with E-state index in [1.165, 1.54) is 0 Å². The van der Waals surface area contributed by atoms with Crippen molar-refractivity contribution >= 4 is 11.9 Å². The second-order valence-corrected chi connectivity index (χ2v) is 6.03. The summed E-state index contributed by atoms with van der Waals surface area (Å²) in [6, 6.07) is 7.45. The van der Waals surface area contributed by atoms with Gasteiger partial charge in [-0.15, -0.1) is 0 Å². The van der Waals surface area contributed by atoms with E-state index in [-0.39, 0.29) is 12.3 Å². The summed E-state index contributed by atoms with van der Waals surface area (Å²) in [5.74, 6) is -0.624. The molecule has 1 amide bonds. The number of benzene rings is 1. The summed E-state index contributed by atoms with van der Waals surface area (Å²) in [7, 11) is 0. The van der Waals surface area contributed by atoms with Crippen LogP contribution in [0.25, 0.3) is 0 Å². The van der Waals surface area contributed by atoms with Crippen LogP contribution in [0.2, 0.25) is 0 Å². The van der Waals surface area contributed by atoms with Crippen molar-refractivity contribution in [3.63, 3.8) is 0 Å². The lowest BCUT2D eigenvalue weighted by molar-refractivity contribution is -0.141. The van der Waals surface area contributed by atoms with E-state index in [4.69, 9.17) is 14.6 Å². The Bertz CT molecular complexity index is 566. The van der Waals surface area contributed by atoms with Crippen molar-refractivity contribution in [1.82, 2.24) is 5.32 Å². The summed E-state index contributed by atoms with van der Waals surface area (Å²) in [5, 5.41) is 12.0. The zero-order chi connectivity index (χ0) is 16.9. The van der Waals surface area contributed by atoms with Crippen LogP contribution in [0.15, 0.2) is 24.3 Å². The first-order valence-electron chi connectivity index (χ1n) is 7.75. The molecule has 1 aliphatic heterocycles. The third kappa shape index (κ3) is 4.96. The van der Waals surface area contributed by atoms with Gasteiger partial charge in [0.25, 0.3) is 5.91 Å². The first-order valence-corrected chi connectivity index (χ1v) is 7.75. The quantitative estimate of drug-likeness (QED) is 0.836. The van der Waals surface area contributed by atoms with Crippen molar-refractivity contribution in [2.45, 2.75) is 44.8 Å². The predicted molar refractivity (Wildman–Crippen MR) is 84.4 cm³/mol. The van der Waals surface area contributed by atoms with Crippen molar-refractivity contribution in [1.29, 1.82) is 0 Å². The van der Waals surface area contributed by atoms with Gasteiger partial charge in [-0.05, 0) is 44.4 Å². The van der Waals surface area contributed by atoms with Gasteiger partial charge in [0, 0.05) is 13.2 Å². The van der Waals surface area contributed by atoms with Crippen molar-refractivity contribution in [3.05, 3.63) is 29.8 Å². The van der Waals surface area contributed by atoms with Crippen molar-refractivity contribution in [2.24, 2.45) is 0 Å². The predicted octanol–water partition coefficient (Wildman–Crippen LogP) is 1.90. The molecule has 1 heterocycles. The number of rotatable bonds is 6. The first-order chi connectivity index (χ1) is 10.9. The zero-order valence-corrected chi connectivity index (χ0v) is 13.5. The van der Waals surface area contributed by atoms with E-state index in [1.54, 1.807) is 13.0 Å². The normalized spacial score (nSPS) is 18.0. The van der Waals surface area contributed by atoms with Gasteiger partial charge in [-0.1, -0.05) is 12.1 Å². The summed E-state index contributed by atoms with van der Waals surface area (Å²) in [4.78, 5) is 23.5. The van der Waals surface area contributed by atoms with Crippen LogP contribution >= 0.6 is 0 Å². The highest BCUT2D eigenvalue weighted by Gasteiger charge is 2.37. The monoisotopic (exact) mass is 321 g/mol. The molecule has 1 saturated heterocycles. The lowest BCUT2D eigenvalue weighted by Crippen LogP contribution is -2.56. The number of hydrogen-bond acceptors (Lipinski definition) is 4. The molecule has 2 rings (SSSR count). The summed E-state index contributed by atoms with van der Waals surface area (Å²) in [5.41, 5.74) is 0.285. The standard InChI is InChI=1S/C17H23NO5/c1-12-4-3-5-14(10-12)23-13(2)16(21)18-17(11-15(19)20)6-8-22-9-7-17/h3-5,10,13H,6-9,11H2,1-2H3,(H,18,21)(H,19,20). The molecule has 126 valence electrons. The van der Waals surface area contributed by atoms with Crippen LogP contribution < -0.4 is 10.1 Å². The van der Waals surface area contributed by atoms with Gasteiger partial charge >= 0.3 is 5.97 Å². The molecule has 1 atom stereocenters. The topological polar surface area (TPSA) is 84.9 Å². The Morgan fingerprint density at radius 1 is 1.39 bits per heavy atom. The fourth-order valence-corrected chi connectivity index (χ4v) is 2.71. The van der Waals surface area contributed by atoms with Crippen LogP contribution in [-0.2, 0) is 14.3 Å². The number of carbonyl (C=O) groups is 2. The molecule has 1 unspecified atom stereocenters. The van der Waals surface area contributed by atoms with Crippen molar-refractivity contribution in [2.75, 3.05) is 13.2 Å². The van der Waals surface area contributed by atoms with E-state index in [0.717, 1.165) is 5.56 Å². The largest absolute Gasteiger partial charge is 0.481 e. The van der Waals surface area contributed by atoms with Crippen LogP contribution in [0.5, 0.6) is 5.75 Å². The number of amides is 1. The summed E-state index contributed by atoms with van der Waals surface area (Å²) >= 11 is 0. The Kier molecular flexibility index (Phi) is 5.60. The van der Waals surface area contributed by atoms with Crippen LogP contribution in [-0.4, -0.2) is 41.8 Å². The summed E-state index contributed by atoms with van der Waals surface area (Å²) < 4.78 is 10.9. The van der Waals surface area contributed by atoms with E-state index in [9.17, 15) is 9.59 Å². The molecule has 0 saturated carbocycles. The SMILES string of the molecule is Cc1cccc(OC(C)C(=O)NC2(CC(=O)O)CCOCC2)c1. The van der Waals surface area contributed by atoms with Gasteiger partial charge in [0.05, 0.1) is 12.0 Å². The number of carboxylic acids is 1. The molecule has 6 nitrogen and oxygen atoms in total. The van der Waals surface area contributed by atoms with Crippen LogP contribution in [0, 0.1) is 6.92 Å². The molecule has 6 heteroatoms. The third-order valence-electron chi connectivity index (χ3n) is 4.00. The van der Waals surface area contributed by atoms with Crippen molar-refractivity contribution in [3.8, 4) is 5.75 Å². The lowest BCUT2D eigenvalue weighted by Gasteiger charge is -2.37. The van der Waals surface area contributed by atoms with Gasteiger partial charge in [-0.25, -0.2) is 0 Å². The van der Waals surface area contributed by atoms with Crippen LogP contribution in [0.3, 0.4) is 0 Å². The van der Waals surface area contributed by atoms with E-state index in [1.807, 2.05) is 25.1 Å². The van der Waals surface area contributed by atoms with E-state index in [2.05, 4.69) is 5.32 Å². The second-order valence-electron chi connectivity index (χ2n) is 6.03.